The van der Waals surface area contributed by atoms with Crippen molar-refractivity contribution in [2.24, 2.45) is 29.6 Å². The topological polar surface area (TPSA) is 0 Å². The van der Waals surface area contributed by atoms with Crippen LogP contribution < -0.4 is 0 Å². The molecule has 0 fully saturated rings. The molecule has 0 aromatic rings. The van der Waals surface area contributed by atoms with Crippen molar-refractivity contribution in [3.63, 3.8) is 0 Å². The maximum absolute atomic E-state index is 4.00. The minimum absolute atomic E-state index is 0.570. The largest absolute Gasteiger partial charge is 0.0959 e. The van der Waals surface area contributed by atoms with E-state index in [4.69, 9.17) is 0 Å². The van der Waals surface area contributed by atoms with Crippen molar-refractivity contribution in [1.29, 1.82) is 0 Å². The Hall–Kier alpha value is -1.04. The highest BCUT2D eigenvalue weighted by Crippen LogP contribution is 2.20. The van der Waals surface area contributed by atoms with Gasteiger partial charge in [0, 0.05) is 0 Å². The first-order chi connectivity index (χ1) is 10.9. The summed E-state index contributed by atoms with van der Waals surface area (Å²) < 4.78 is 0. The summed E-state index contributed by atoms with van der Waals surface area (Å²) >= 11 is 0. The number of hydrogen-bond acceptors (Lipinski definition) is 0. The van der Waals surface area contributed by atoms with Gasteiger partial charge in [-0.15, -0.1) is 0 Å². The van der Waals surface area contributed by atoms with Crippen LogP contribution in [-0.4, -0.2) is 0 Å². The Morgan fingerprint density at radius 3 is 1.67 bits per heavy atom. The van der Waals surface area contributed by atoms with E-state index in [1.165, 1.54) is 17.6 Å². The monoisotopic (exact) mass is 332 g/mol. The van der Waals surface area contributed by atoms with E-state index in [0.717, 1.165) is 29.7 Å². The molecule has 0 rings (SSSR count). The zero-order valence-corrected chi connectivity index (χ0v) is 18.1. The smallest absolute Gasteiger partial charge is 0.0225 e. The van der Waals surface area contributed by atoms with Crippen molar-refractivity contribution < 1.29 is 0 Å². The average molecular weight is 333 g/mol. The lowest BCUT2D eigenvalue weighted by Crippen LogP contribution is -2.03. The Bertz CT molecular complexity index is 404. The normalized spacial score (nSPS) is 13.8. The second-order valence-corrected chi connectivity index (χ2v) is 8.34. The fourth-order valence-corrected chi connectivity index (χ4v) is 1.64. The molecule has 0 radical (unpaired) electrons. The second-order valence-electron chi connectivity index (χ2n) is 8.34. The summed E-state index contributed by atoms with van der Waals surface area (Å²) in [6, 6.07) is 0. The molecule has 0 aromatic carbocycles. The van der Waals surface area contributed by atoms with Crippen molar-refractivity contribution >= 4 is 0 Å². The summed E-state index contributed by atoms with van der Waals surface area (Å²) in [7, 11) is 0. The summed E-state index contributed by atoms with van der Waals surface area (Å²) in [6.07, 6.45) is 6.76. The van der Waals surface area contributed by atoms with Gasteiger partial charge in [0.15, 0.2) is 0 Å². The van der Waals surface area contributed by atoms with Crippen LogP contribution in [0.4, 0.5) is 0 Å². The Kier molecular flexibility index (Phi) is 13.9. The van der Waals surface area contributed by atoms with Gasteiger partial charge < -0.3 is 0 Å². The zero-order chi connectivity index (χ0) is 19.4. The summed E-state index contributed by atoms with van der Waals surface area (Å²) in [4.78, 5) is 0. The van der Waals surface area contributed by atoms with Gasteiger partial charge in [0.2, 0.25) is 0 Å². The Morgan fingerprint density at radius 1 is 0.833 bits per heavy atom. The molecule has 0 heteroatoms. The summed E-state index contributed by atoms with van der Waals surface area (Å²) in [5, 5.41) is 0. The van der Waals surface area contributed by atoms with Crippen molar-refractivity contribution in [2.75, 3.05) is 0 Å². The molecule has 0 aliphatic carbocycles. The highest BCUT2D eigenvalue weighted by atomic mass is 14.1. The number of allylic oxidation sites excluding steroid dienone is 5. The lowest BCUT2D eigenvalue weighted by Gasteiger charge is -2.15. The van der Waals surface area contributed by atoms with Gasteiger partial charge in [-0.1, -0.05) is 104 Å². The standard InChI is InChI=1S/2C12H22/c2*1-9(2)11(5)7-8-12(6)10(3)4/h7-10,12H,5H2,1-4,6H3;10,12H,1,5,7-8H2,2-4,6H3/b8-7+;/t2*12-/m11/s1. The quantitative estimate of drug-likeness (QED) is 0.373. The van der Waals surface area contributed by atoms with Crippen molar-refractivity contribution in [2.45, 2.75) is 75.2 Å². The van der Waals surface area contributed by atoms with E-state index < -0.39 is 0 Å². The molecule has 0 amide bonds. The van der Waals surface area contributed by atoms with E-state index in [0.29, 0.717) is 11.8 Å². The van der Waals surface area contributed by atoms with Crippen LogP contribution in [-0.2, 0) is 0 Å². The van der Waals surface area contributed by atoms with E-state index in [-0.39, 0.29) is 0 Å². The van der Waals surface area contributed by atoms with Gasteiger partial charge in [0.05, 0.1) is 0 Å². The Morgan fingerprint density at radius 2 is 1.33 bits per heavy atom. The Balaban J connectivity index is 0. The van der Waals surface area contributed by atoms with Gasteiger partial charge in [0.1, 0.15) is 0 Å². The van der Waals surface area contributed by atoms with E-state index >= 15 is 0 Å². The first kappa shape index (κ1) is 25.2. The van der Waals surface area contributed by atoms with Crippen molar-refractivity contribution in [1.82, 2.24) is 0 Å². The molecular weight excluding hydrogens is 288 g/mol. The highest BCUT2D eigenvalue weighted by molar-refractivity contribution is 5.22. The van der Waals surface area contributed by atoms with Crippen LogP contribution in [0.5, 0.6) is 0 Å². The molecule has 0 N–H and O–H groups in total. The van der Waals surface area contributed by atoms with Crippen LogP contribution >= 0.6 is 0 Å². The van der Waals surface area contributed by atoms with E-state index in [1.807, 2.05) is 6.92 Å². The first-order valence-corrected chi connectivity index (χ1v) is 9.60. The second kappa shape index (κ2) is 13.3. The predicted octanol–water partition coefficient (Wildman–Crippen LogP) is 8.24. The third kappa shape index (κ3) is 13.4. The van der Waals surface area contributed by atoms with E-state index in [9.17, 15) is 0 Å². The van der Waals surface area contributed by atoms with Gasteiger partial charge in [-0.25, -0.2) is 0 Å². The van der Waals surface area contributed by atoms with E-state index in [2.05, 4.69) is 87.3 Å². The molecule has 0 saturated heterocycles. The minimum Gasteiger partial charge on any atom is -0.0959 e. The fraction of sp³-hybridized carbons (Fsp3) is 0.667. The molecule has 0 heterocycles. The predicted molar refractivity (Wildman–Crippen MR) is 114 cm³/mol. The van der Waals surface area contributed by atoms with Gasteiger partial charge in [-0.2, -0.15) is 0 Å². The lowest BCUT2D eigenvalue weighted by molar-refractivity contribution is 0.393. The molecular formula is C24H44. The summed E-state index contributed by atoms with van der Waals surface area (Å²) in [6.45, 7) is 31.8. The molecule has 0 unspecified atom stereocenters. The van der Waals surface area contributed by atoms with Crippen LogP contribution in [0.1, 0.15) is 75.2 Å². The van der Waals surface area contributed by atoms with Crippen LogP contribution in [0, 0.1) is 29.6 Å². The van der Waals surface area contributed by atoms with Crippen molar-refractivity contribution in [3.8, 4) is 0 Å². The Labute approximate surface area is 153 Å². The van der Waals surface area contributed by atoms with E-state index in [1.54, 1.807) is 0 Å². The summed E-state index contributed by atoms with van der Waals surface area (Å²) in [5.41, 5.74) is 3.57. The average Bonchev–Trinajstić information content (AvgIpc) is 2.49. The minimum atomic E-state index is 0.570. The van der Waals surface area contributed by atoms with Crippen LogP contribution in [0.25, 0.3) is 0 Å². The molecule has 0 aliphatic rings. The molecule has 0 aromatic heterocycles. The van der Waals surface area contributed by atoms with Gasteiger partial charge in [-0.3, -0.25) is 0 Å². The summed E-state index contributed by atoms with van der Waals surface area (Å²) in [5.74, 6) is 3.52. The molecule has 24 heavy (non-hydrogen) atoms. The maximum Gasteiger partial charge on any atom is -0.0225 e. The number of rotatable bonds is 9. The van der Waals surface area contributed by atoms with Gasteiger partial charge >= 0.3 is 0 Å². The number of hydrogen-bond donors (Lipinski definition) is 0. The van der Waals surface area contributed by atoms with Crippen molar-refractivity contribution in [3.05, 3.63) is 48.6 Å². The molecule has 0 spiro atoms. The van der Waals surface area contributed by atoms with Crippen LogP contribution in [0.15, 0.2) is 48.6 Å². The SMILES string of the molecule is C=C(/C=C/[C@@H](C)C(C)C)C(C)C.C=C(C)C(=C)CC[C@@H](C)C(C)C. The zero-order valence-electron chi connectivity index (χ0n) is 18.1. The molecule has 2 atom stereocenters. The molecule has 0 bridgehead atoms. The molecule has 0 nitrogen and oxygen atoms in total. The maximum atomic E-state index is 4.00. The third-order valence-corrected chi connectivity index (χ3v) is 5.05. The van der Waals surface area contributed by atoms with Gasteiger partial charge in [0.25, 0.3) is 0 Å². The highest BCUT2D eigenvalue weighted by Gasteiger charge is 2.07. The third-order valence-electron chi connectivity index (χ3n) is 5.05. The lowest BCUT2D eigenvalue weighted by atomic mass is 9.91. The fourth-order valence-electron chi connectivity index (χ4n) is 1.64. The molecule has 0 aliphatic heterocycles. The van der Waals surface area contributed by atoms with Gasteiger partial charge in [-0.05, 0) is 49.4 Å². The molecule has 0 saturated carbocycles. The van der Waals surface area contributed by atoms with Crippen LogP contribution in [0.3, 0.4) is 0 Å². The molecule has 140 valence electrons. The first-order valence-electron chi connectivity index (χ1n) is 9.60. The van der Waals surface area contributed by atoms with Crippen LogP contribution in [0.2, 0.25) is 0 Å².